The lowest BCUT2D eigenvalue weighted by Gasteiger charge is -2.12. The summed E-state index contributed by atoms with van der Waals surface area (Å²) >= 11 is 0. The minimum absolute atomic E-state index is 0.0407. The zero-order valence-electron chi connectivity index (χ0n) is 14.3. The highest BCUT2D eigenvalue weighted by molar-refractivity contribution is 5.96. The Bertz CT molecular complexity index is 771. The van der Waals surface area contributed by atoms with Crippen LogP contribution in [0.3, 0.4) is 0 Å². The van der Waals surface area contributed by atoms with Crippen molar-refractivity contribution in [1.29, 1.82) is 0 Å². The summed E-state index contributed by atoms with van der Waals surface area (Å²) in [6.07, 6.45) is -2.85. The monoisotopic (exact) mass is 363 g/mol. The van der Waals surface area contributed by atoms with Crippen molar-refractivity contribution in [2.75, 3.05) is 11.9 Å². The third-order valence-electron chi connectivity index (χ3n) is 4.40. The van der Waals surface area contributed by atoms with E-state index < -0.39 is 11.7 Å². The van der Waals surface area contributed by atoms with Gasteiger partial charge in [-0.3, -0.25) is 4.79 Å². The lowest BCUT2D eigenvalue weighted by atomic mass is 10.1. The van der Waals surface area contributed by atoms with E-state index in [0.29, 0.717) is 24.5 Å². The number of alkyl halides is 3. The first-order valence-corrected chi connectivity index (χ1v) is 8.60. The maximum absolute atomic E-state index is 12.6. The van der Waals surface area contributed by atoms with Crippen molar-refractivity contribution >= 4 is 11.6 Å². The number of halogens is 3. The summed E-state index contributed by atoms with van der Waals surface area (Å²) in [6, 6.07) is 12.3. The van der Waals surface area contributed by atoms with E-state index in [1.165, 1.54) is 12.1 Å². The topological polar surface area (TPSA) is 38.3 Å². The number of para-hydroxylation sites is 2. The lowest BCUT2D eigenvalue weighted by molar-refractivity contribution is -0.137. The Labute approximate surface area is 150 Å². The van der Waals surface area contributed by atoms with Crippen molar-refractivity contribution < 1.29 is 22.7 Å². The number of carbonyl (C=O) groups excluding carboxylic acids is 1. The number of rotatable bonds is 6. The second-order valence-electron chi connectivity index (χ2n) is 6.40. The third-order valence-corrected chi connectivity index (χ3v) is 4.40. The highest BCUT2D eigenvalue weighted by atomic mass is 19.4. The summed E-state index contributed by atoms with van der Waals surface area (Å²) in [5, 5.41) is 2.87. The van der Waals surface area contributed by atoms with E-state index in [1.54, 1.807) is 12.1 Å². The molecule has 2 atom stereocenters. The first-order valence-electron chi connectivity index (χ1n) is 8.60. The quantitative estimate of drug-likeness (QED) is 0.763. The van der Waals surface area contributed by atoms with Crippen LogP contribution in [0.1, 0.15) is 36.8 Å². The zero-order chi connectivity index (χ0) is 18.7. The highest BCUT2D eigenvalue weighted by Gasteiger charge is 2.44. The molecular weight excluding hydrogens is 343 g/mol. The Morgan fingerprint density at radius 1 is 1.15 bits per heavy atom. The van der Waals surface area contributed by atoms with Crippen LogP contribution in [0.5, 0.6) is 5.75 Å². The van der Waals surface area contributed by atoms with Crippen LogP contribution in [-0.4, -0.2) is 12.5 Å². The molecule has 0 aromatic heterocycles. The van der Waals surface area contributed by atoms with Gasteiger partial charge in [0.2, 0.25) is 5.91 Å². The first-order chi connectivity index (χ1) is 12.4. The Balaban J connectivity index is 1.63. The standard InChI is InChI=1S/C20H20F3NO2/c1-2-11-26-18-6-4-3-5-17(18)24-19(25)16-12-15(16)13-7-9-14(10-8-13)20(21,22)23/h3-10,15-16H,2,11-12H2,1H3,(H,24,25). The summed E-state index contributed by atoms with van der Waals surface area (Å²) in [6.45, 7) is 2.56. The molecule has 26 heavy (non-hydrogen) atoms. The summed E-state index contributed by atoms with van der Waals surface area (Å²) in [5.74, 6) is 0.212. The van der Waals surface area contributed by atoms with Crippen LogP contribution in [0.2, 0.25) is 0 Å². The second kappa shape index (κ2) is 7.40. The van der Waals surface area contributed by atoms with E-state index in [9.17, 15) is 18.0 Å². The molecule has 1 fully saturated rings. The number of nitrogens with one attached hydrogen (secondary N) is 1. The van der Waals surface area contributed by atoms with E-state index in [-0.39, 0.29) is 17.7 Å². The van der Waals surface area contributed by atoms with Crippen LogP contribution >= 0.6 is 0 Å². The molecule has 0 heterocycles. The predicted octanol–water partition coefficient (Wildman–Crippen LogP) is 5.24. The van der Waals surface area contributed by atoms with Gasteiger partial charge in [0.1, 0.15) is 5.75 Å². The molecule has 0 saturated heterocycles. The number of hydrogen-bond acceptors (Lipinski definition) is 2. The number of benzene rings is 2. The average molecular weight is 363 g/mol. The summed E-state index contributed by atoms with van der Waals surface area (Å²) < 4.78 is 43.5. The summed E-state index contributed by atoms with van der Waals surface area (Å²) in [4.78, 5) is 12.5. The van der Waals surface area contributed by atoms with Gasteiger partial charge in [0.15, 0.2) is 0 Å². The number of ether oxygens (including phenoxy) is 1. The molecule has 6 heteroatoms. The van der Waals surface area contributed by atoms with Crippen molar-refractivity contribution in [2.45, 2.75) is 31.9 Å². The van der Waals surface area contributed by atoms with Gasteiger partial charge in [0.25, 0.3) is 0 Å². The second-order valence-corrected chi connectivity index (χ2v) is 6.40. The van der Waals surface area contributed by atoms with Crippen LogP contribution in [0, 0.1) is 5.92 Å². The Morgan fingerprint density at radius 3 is 2.50 bits per heavy atom. The van der Waals surface area contributed by atoms with E-state index in [0.717, 1.165) is 24.1 Å². The van der Waals surface area contributed by atoms with Crippen LogP contribution in [0.4, 0.5) is 18.9 Å². The molecule has 0 bridgehead atoms. The predicted molar refractivity (Wildman–Crippen MR) is 93.1 cm³/mol. The molecule has 138 valence electrons. The molecule has 3 rings (SSSR count). The van der Waals surface area contributed by atoms with Crippen LogP contribution in [-0.2, 0) is 11.0 Å². The van der Waals surface area contributed by atoms with Crippen LogP contribution in [0.15, 0.2) is 48.5 Å². The highest BCUT2D eigenvalue weighted by Crippen LogP contribution is 2.48. The molecule has 0 aliphatic heterocycles. The van der Waals surface area contributed by atoms with Gasteiger partial charge < -0.3 is 10.1 Å². The van der Waals surface area contributed by atoms with Crippen molar-refractivity contribution in [3.8, 4) is 5.75 Å². The molecular formula is C20H20F3NO2. The van der Waals surface area contributed by atoms with Gasteiger partial charge in [-0.1, -0.05) is 31.2 Å². The smallest absolute Gasteiger partial charge is 0.416 e. The maximum Gasteiger partial charge on any atom is 0.416 e. The van der Waals surface area contributed by atoms with E-state index in [2.05, 4.69) is 5.32 Å². The van der Waals surface area contributed by atoms with Gasteiger partial charge in [-0.2, -0.15) is 13.2 Å². The molecule has 1 N–H and O–H groups in total. The average Bonchev–Trinajstić information content (AvgIpc) is 3.41. The minimum Gasteiger partial charge on any atom is -0.491 e. The van der Waals surface area contributed by atoms with E-state index >= 15 is 0 Å². The fourth-order valence-corrected chi connectivity index (χ4v) is 2.91. The fourth-order valence-electron chi connectivity index (χ4n) is 2.91. The fraction of sp³-hybridized carbons (Fsp3) is 0.350. The summed E-state index contributed by atoms with van der Waals surface area (Å²) in [5.41, 5.74) is 0.697. The molecule has 1 saturated carbocycles. The summed E-state index contributed by atoms with van der Waals surface area (Å²) in [7, 11) is 0. The molecule has 1 amide bonds. The number of amides is 1. The third kappa shape index (κ3) is 4.18. The van der Waals surface area contributed by atoms with Crippen molar-refractivity contribution in [1.82, 2.24) is 0 Å². The number of hydrogen-bond donors (Lipinski definition) is 1. The van der Waals surface area contributed by atoms with E-state index in [4.69, 9.17) is 4.74 Å². The van der Waals surface area contributed by atoms with Crippen molar-refractivity contribution in [3.63, 3.8) is 0 Å². The van der Waals surface area contributed by atoms with Gasteiger partial charge in [-0.05, 0) is 48.6 Å². The molecule has 2 aromatic carbocycles. The molecule has 0 radical (unpaired) electrons. The normalized spacial score (nSPS) is 19.1. The van der Waals surface area contributed by atoms with Gasteiger partial charge >= 0.3 is 6.18 Å². The lowest BCUT2D eigenvalue weighted by Crippen LogP contribution is -2.15. The van der Waals surface area contributed by atoms with Crippen molar-refractivity contribution in [2.24, 2.45) is 5.92 Å². The SMILES string of the molecule is CCCOc1ccccc1NC(=O)C1CC1c1ccc(C(F)(F)F)cc1. The zero-order valence-corrected chi connectivity index (χ0v) is 14.3. The maximum atomic E-state index is 12.6. The van der Waals surface area contributed by atoms with Gasteiger partial charge in [-0.15, -0.1) is 0 Å². The number of carbonyl (C=O) groups is 1. The first kappa shape index (κ1) is 18.3. The van der Waals surface area contributed by atoms with Gasteiger partial charge in [-0.25, -0.2) is 0 Å². The molecule has 3 nitrogen and oxygen atoms in total. The van der Waals surface area contributed by atoms with Crippen LogP contribution < -0.4 is 10.1 Å². The van der Waals surface area contributed by atoms with E-state index in [1.807, 2.05) is 19.1 Å². The minimum atomic E-state index is -4.35. The molecule has 2 aromatic rings. The molecule has 1 aliphatic rings. The van der Waals surface area contributed by atoms with Gasteiger partial charge in [0, 0.05) is 5.92 Å². The van der Waals surface area contributed by atoms with Crippen LogP contribution in [0.25, 0.3) is 0 Å². The molecule has 0 spiro atoms. The Morgan fingerprint density at radius 2 is 1.85 bits per heavy atom. The largest absolute Gasteiger partial charge is 0.491 e. The molecule has 1 aliphatic carbocycles. The van der Waals surface area contributed by atoms with Crippen molar-refractivity contribution in [3.05, 3.63) is 59.7 Å². The Kier molecular flexibility index (Phi) is 5.20. The van der Waals surface area contributed by atoms with Gasteiger partial charge in [0.05, 0.1) is 17.9 Å². The number of anilines is 1. The Hall–Kier alpha value is -2.50. The molecule has 2 unspecified atom stereocenters.